The van der Waals surface area contributed by atoms with Crippen molar-refractivity contribution >= 4 is 35.6 Å². The maximum atomic E-state index is 5.99. The zero-order valence-electron chi connectivity index (χ0n) is 16.1. The van der Waals surface area contributed by atoms with E-state index in [-0.39, 0.29) is 29.6 Å². The number of hydrogen-bond donors (Lipinski definition) is 2. The summed E-state index contributed by atoms with van der Waals surface area (Å²) in [7, 11) is 0. The van der Waals surface area contributed by atoms with Crippen LogP contribution >= 0.6 is 24.0 Å². The lowest BCUT2D eigenvalue weighted by molar-refractivity contribution is -0.0149. The average molecular weight is 467 g/mol. The van der Waals surface area contributed by atoms with Crippen molar-refractivity contribution in [1.82, 2.24) is 0 Å². The van der Waals surface area contributed by atoms with Crippen LogP contribution in [-0.2, 0) is 24.3 Å². The predicted molar refractivity (Wildman–Crippen MR) is 121 cm³/mol. The van der Waals surface area contributed by atoms with Crippen molar-refractivity contribution in [3.63, 3.8) is 0 Å². The monoisotopic (exact) mass is 467 g/mol. The van der Waals surface area contributed by atoms with E-state index in [1.54, 1.807) is 0 Å². The van der Waals surface area contributed by atoms with Crippen LogP contribution in [0, 0.1) is 0 Å². The Balaban J connectivity index is 0.00000338. The highest BCUT2D eigenvalue weighted by Gasteiger charge is 2.10. The Kier molecular flexibility index (Phi) is 9.08. The minimum atomic E-state index is -0.143. The van der Waals surface area contributed by atoms with Crippen LogP contribution < -0.4 is 11.1 Å². The molecule has 0 aliphatic heterocycles. The number of nitrogens with two attached hydrogens (primary N) is 1. The predicted octanol–water partition coefficient (Wildman–Crippen LogP) is 5.11. The second-order valence-corrected chi connectivity index (χ2v) is 7.10. The van der Waals surface area contributed by atoms with Gasteiger partial charge in [-0.15, -0.1) is 24.0 Å². The van der Waals surface area contributed by atoms with Crippen molar-refractivity contribution in [1.29, 1.82) is 0 Å². The number of aliphatic imine (C=N–C) groups is 1. The summed E-state index contributed by atoms with van der Waals surface area (Å²) in [6, 6.07) is 16.5. The minimum absolute atomic E-state index is 0. The zero-order chi connectivity index (χ0) is 18.3. The summed E-state index contributed by atoms with van der Waals surface area (Å²) in [5.74, 6) is 0.417. The van der Waals surface area contributed by atoms with E-state index in [0.29, 0.717) is 19.1 Å². The van der Waals surface area contributed by atoms with Gasteiger partial charge in [-0.1, -0.05) is 43.3 Å². The molecule has 0 fully saturated rings. The maximum Gasteiger partial charge on any atom is 0.193 e. The van der Waals surface area contributed by atoms with Crippen molar-refractivity contribution < 1.29 is 4.74 Å². The van der Waals surface area contributed by atoms with E-state index in [2.05, 4.69) is 62.3 Å². The molecular weight excluding hydrogens is 437 g/mol. The van der Waals surface area contributed by atoms with Gasteiger partial charge >= 0.3 is 0 Å². The number of ether oxygens (including phenoxy) is 1. The van der Waals surface area contributed by atoms with Gasteiger partial charge in [0.1, 0.15) is 0 Å². The molecule has 0 saturated heterocycles. The summed E-state index contributed by atoms with van der Waals surface area (Å²) in [5.41, 5.74) is 10.4. The summed E-state index contributed by atoms with van der Waals surface area (Å²) in [6.45, 7) is 9.44. The summed E-state index contributed by atoms with van der Waals surface area (Å²) < 4.78 is 5.82. The SMILES string of the molecule is CCc1ccc(NC(N)=NCc2cccc(COC(C)(C)C)c2)cc1.I. The molecule has 0 atom stereocenters. The molecule has 2 aromatic carbocycles. The number of anilines is 1. The molecule has 3 N–H and O–H groups in total. The molecule has 0 unspecified atom stereocenters. The molecule has 0 bridgehead atoms. The molecule has 2 aromatic rings. The smallest absolute Gasteiger partial charge is 0.193 e. The van der Waals surface area contributed by atoms with Crippen molar-refractivity contribution in [2.24, 2.45) is 10.7 Å². The molecule has 0 radical (unpaired) electrons. The Labute approximate surface area is 174 Å². The quantitative estimate of drug-likeness (QED) is 0.353. The molecule has 4 nitrogen and oxygen atoms in total. The highest BCUT2D eigenvalue weighted by atomic mass is 127. The maximum absolute atomic E-state index is 5.99. The lowest BCUT2D eigenvalue weighted by Gasteiger charge is -2.19. The number of rotatable bonds is 6. The summed E-state index contributed by atoms with van der Waals surface area (Å²) in [4.78, 5) is 4.42. The first-order chi connectivity index (χ1) is 11.9. The van der Waals surface area contributed by atoms with E-state index in [1.807, 2.05) is 24.3 Å². The molecule has 2 rings (SSSR count). The Hall–Kier alpha value is -1.60. The zero-order valence-corrected chi connectivity index (χ0v) is 18.4. The number of nitrogens with one attached hydrogen (secondary N) is 1. The summed E-state index contributed by atoms with van der Waals surface area (Å²) in [5, 5.41) is 3.13. The van der Waals surface area contributed by atoms with Gasteiger partial charge in [-0.2, -0.15) is 0 Å². The topological polar surface area (TPSA) is 59.6 Å². The third-order valence-electron chi connectivity index (χ3n) is 3.73. The first-order valence-electron chi connectivity index (χ1n) is 8.73. The number of nitrogens with zero attached hydrogens (tertiary/aromatic N) is 1. The van der Waals surface area contributed by atoms with Gasteiger partial charge in [0, 0.05) is 5.69 Å². The van der Waals surface area contributed by atoms with Crippen LogP contribution in [-0.4, -0.2) is 11.6 Å². The van der Waals surface area contributed by atoms with Crippen LogP contribution in [0.4, 0.5) is 5.69 Å². The van der Waals surface area contributed by atoms with Gasteiger partial charge in [0.25, 0.3) is 0 Å². The molecule has 142 valence electrons. The van der Waals surface area contributed by atoms with E-state index < -0.39 is 0 Å². The normalized spacial score (nSPS) is 11.8. The number of hydrogen-bond acceptors (Lipinski definition) is 2. The third kappa shape index (κ3) is 8.19. The highest BCUT2D eigenvalue weighted by Crippen LogP contribution is 2.14. The van der Waals surface area contributed by atoms with Gasteiger partial charge in [0.2, 0.25) is 0 Å². The lowest BCUT2D eigenvalue weighted by Crippen LogP contribution is -2.22. The number of aryl methyl sites for hydroxylation is 1. The second-order valence-electron chi connectivity index (χ2n) is 7.10. The Morgan fingerprint density at radius 2 is 1.69 bits per heavy atom. The Morgan fingerprint density at radius 1 is 1.04 bits per heavy atom. The van der Waals surface area contributed by atoms with Crippen molar-refractivity contribution in [2.75, 3.05) is 5.32 Å². The van der Waals surface area contributed by atoms with E-state index in [4.69, 9.17) is 10.5 Å². The molecule has 0 spiro atoms. The number of benzene rings is 2. The van der Waals surface area contributed by atoms with Gasteiger partial charge in [0.05, 0.1) is 18.8 Å². The first-order valence-corrected chi connectivity index (χ1v) is 8.73. The van der Waals surface area contributed by atoms with Gasteiger partial charge in [0.15, 0.2) is 5.96 Å². The first kappa shape index (κ1) is 22.4. The fraction of sp³-hybridized carbons (Fsp3) is 0.381. The van der Waals surface area contributed by atoms with E-state index in [9.17, 15) is 0 Å². The average Bonchev–Trinajstić information content (AvgIpc) is 2.59. The van der Waals surface area contributed by atoms with Gasteiger partial charge in [-0.3, -0.25) is 0 Å². The van der Waals surface area contributed by atoms with Crippen LogP contribution in [0.3, 0.4) is 0 Å². The van der Waals surface area contributed by atoms with E-state index >= 15 is 0 Å². The van der Waals surface area contributed by atoms with Gasteiger partial charge in [-0.25, -0.2) is 4.99 Å². The molecule has 5 heteroatoms. The standard InChI is InChI=1S/C21H29N3O.HI/c1-5-16-9-11-19(12-10-16)24-20(22)23-14-17-7-6-8-18(13-17)15-25-21(2,3)4;/h6-13H,5,14-15H2,1-4H3,(H3,22,23,24);1H. The van der Waals surface area contributed by atoms with Gasteiger partial charge in [-0.05, 0) is 56.0 Å². The summed E-state index contributed by atoms with van der Waals surface area (Å²) in [6.07, 6.45) is 1.03. The highest BCUT2D eigenvalue weighted by molar-refractivity contribution is 14.0. The molecule has 0 aliphatic rings. The molecular formula is C21H30IN3O. The lowest BCUT2D eigenvalue weighted by atomic mass is 10.1. The molecule has 0 amide bonds. The minimum Gasteiger partial charge on any atom is -0.371 e. The number of guanidine groups is 1. The van der Waals surface area contributed by atoms with E-state index in [0.717, 1.165) is 23.2 Å². The number of halogens is 1. The van der Waals surface area contributed by atoms with Crippen LogP contribution in [0.5, 0.6) is 0 Å². The molecule has 0 heterocycles. The van der Waals surface area contributed by atoms with Crippen molar-refractivity contribution in [2.45, 2.75) is 52.9 Å². The largest absolute Gasteiger partial charge is 0.371 e. The van der Waals surface area contributed by atoms with Crippen LogP contribution in [0.25, 0.3) is 0 Å². The van der Waals surface area contributed by atoms with Crippen LogP contribution in [0.2, 0.25) is 0 Å². The van der Waals surface area contributed by atoms with Gasteiger partial charge < -0.3 is 15.8 Å². The van der Waals surface area contributed by atoms with Crippen molar-refractivity contribution in [3.8, 4) is 0 Å². The molecule has 0 aromatic heterocycles. The fourth-order valence-corrected chi connectivity index (χ4v) is 2.31. The van der Waals surface area contributed by atoms with Crippen LogP contribution in [0.15, 0.2) is 53.5 Å². The Bertz CT molecular complexity index is 706. The fourth-order valence-electron chi connectivity index (χ4n) is 2.31. The van der Waals surface area contributed by atoms with Crippen LogP contribution in [0.1, 0.15) is 44.4 Å². The Morgan fingerprint density at radius 3 is 2.31 bits per heavy atom. The molecule has 0 saturated carbocycles. The summed E-state index contributed by atoms with van der Waals surface area (Å²) >= 11 is 0. The van der Waals surface area contributed by atoms with E-state index in [1.165, 1.54) is 5.56 Å². The van der Waals surface area contributed by atoms with Crippen molar-refractivity contribution in [3.05, 3.63) is 65.2 Å². The third-order valence-corrected chi connectivity index (χ3v) is 3.73. The molecule has 0 aliphatic carbocycles. The molecule has 26 heavy (non-hydrogen) atoms. The second kappa shape index (κ2) is 10.5.